The number of hydrogen-bond donors (Lipinski definition) is 2. The van der Waals surface area contributed by atoms with Gasteiger partial charge in [0.15, 0.2) is 5.65 Å². The highest BCUT2D eigenvalue weighted by Crippen LogP contribution is 2.32. The highest BCUT2D eigenvalue weighted by Gasteiger charge is 2.24. The number of nitrogens with zero attached hydrogens (tertiary/aromatic N) is 3. The molecule has 0 spiro atoms. The summed E-state index contributed by atoms with van der Waals surface area (Å²) in [7, 11) is 1.29. The van der Waals surface area contributed by atoms with Crippen LogP contribution in [0.5, 0.6) is 5.88 Å². The highest BCUT2D eigenvalue weighted by atomic mass is 35.5. The maximum absolute atomic E-state index is 12.2. The minimum atomic E-state index is -0.562. The molecule has 0 saturated carbocycles. The van der Waals surface area contributed by atoms with E-state index < -0.39 is 5.97 Å². The van der Waals surface area contributed by atoms with E-state index in [1.165, 1.54) is 19.5 Å². The molecule has 0 aliphatic carbocycles. The van der Waals surface area contributed by atoms with E-state index in [1.807, 2.05) is 0 Å². The molecule has 4 heterocycles. The molecule has 9 nitrogen and oxygen atoms in total. The Labute approximate surface area is 169 Å². The molecule has 146 valence electrons. The van der Waals surface area contributed by atoms with Crippen LogP contribution in [0, 0.1) is 0 Å². The number of pyridine rings is 2. The number of carbonyl (C=O) groups is 1. The van der Waals surface area contributed by atoms with E-state index in [1.54, 1.807) is 6.07 Å². The van der Waals surface area contributed by atoms with Crippen molar-refractivity contribution < 1.29 is 19.0 Å². The summed E-state index contributed by atoms with van der Waals surface area (Å²) in [5, 5.41) is 3.67. The summed E-state index contributed by atoms with van der Waals surface area (Å²) >= 11 is 12.2. The maximum atomic E-state index is 12.2. The number of aromatic nitrogens is 4. The third kappa shape index (κ3) is 3.68. The van der Waals surface area contributed by atoms with E-state index in [0.29, 0.717) is 52.5 Å². The third-order valence-corrected chi connectivity index (χ3v) is 4.68. The average molecular weight is 424 g/mol. The van der Waals surface area contributed by atoms with Crippen LogP contribution in [0.2, 0.25) is 10.0 Å². The van der Waals surface area contributed by atoms with Crippen molar-refractivity contribution >= 4 is 52.0 Å². The second-order valence-electron chi connectivity index (χ2n) is 6.00. The Kier molecular flexibility index (Phi) is 5.21. The predicted octanol–water partition coefficient (Wildman–Crippen LogP) is 3.36. The Hall–Kier alpha value is -2.62. The Morgan fingerprint density at radius 3 is 2.79 bits per heavy atom. The molecule has 1 aliphatic heterocycles. The van der Waals surface area contributed by atoms with Crippen LogP contribution in [-0.2, 0) is 9.47 Å². The van der Waals surface area contributed by atoms with Crippen molar-refractivity contribution in [3.05, 3.63) is 34.1 Å². The summed E-state index contributed by atoms with van der Waals surface area (Å²) in [6, 6.07) is 1.58. The summed E-state index contributed by atoms with van der Waals surface area (Å²) < 4.78 is 16.0. The lowest BCUT2D eigenvalue weighted by Gasteiger charge is -2.13. The molecule has 3 aromatic rings. The smallest absolute Gasteiger partial charge is 0.343 e. The van der Waals surface area contributed by atoms with Crippen LogP contribution in [0.15, 0.2) is 18.5 Å². The third-order valence-electron chi connectivity index (χ3n) is 4.11. The molecule has 0 aromatic carbocycles. The van der Waals surface area contributed by atoms with Crippen molar-refractivity contribution in [2.24, 2.45) is 0 Å². The van der Waals surface area contributed by atoms with Gasteiger partial charge in [0, 0.05) is 18.8 Å². The molecule has 0 bridgehead atoms. The minimum Gasteiger partial charge on any atom is -0.471 e. The predicted molar refractivity (Wildman–Crippen MR) is 103 cm³/mol. The van der Waals surface area contributed by atoms with E-state index >= 15 is 0 Å². The maximum Gasteiger partial charge on any atom is 0.343 e. The van der Waals surface area contributed by atoms with Gasteiger partial charge in [-0.1, -0.05) is 23.2 Å². The number of H-pyrrole nitrogens is 1. The van der Waals surface area contributed by atoms with E-state index in [4.69, 9.17) is 37.4 Å². The van der Waals surface area contributed by atoms with Gasteiger partial charge in [0.1, 0.15) is 11.7 Å². The molecular weight excluding hydrogens is 409 g/mol. The van der Waals surface area contributed by atoms with Gasteiger partial charge in [-0.25, -0.2) is 4.79 Å². The first-order chi connectivity index (χ1) is 13.5. The number of anilines is 2. The van der Waals surface area contributed by atoms with Gasteiger partial charge in [-0.3, -0.25) is 4.98 Å². The molecule has 1 fully saturated rings. The molecule has 28 heavy (non-hydrogen) atoms. The second kappa shape index (κ2) is 7.78. The first kappa shape index (κ1) is 18.7. The van der Waals surface area contributed by atoms with Crippen molar-refractivity contribution in [1.82, 2.24) is 19.9 Å². The molecule has 1 saturated heterocycles. The number of aromatic amines is 1. The summed E-state index contributed by atoms with van der Waals surface area (Å²) in [6.45, 7) is 1.04. The molecule has 2 N–H and O–H groups in total. The number of rotatable bonds is 5. The molecule has 1 atom stereocenters. The fraction of sp³-hybridized carbons (Fsp3) is 0.294. The molecule has 1 unspecified atom stereocenters. The zero-order chi connectivity index (χ0) is 19.7. The minimum absolute atomic E-state index is 0.146. The molecule has 0 amide bonds. The summed E-state index contributed by atoms with van der Waals surface area (Å²) in [5.74, 6) is -0.0739. The van der Waals surface area contributed by atoms with Gasteiger partial charge < -0.3 is 24.5 Å². The number of halogens is 2. The fourth-order valence-corrected chi connectivity index (χ4v) is 3.20. The zero-order valence-electron chi connectivity index (χ0n) is 14.7. The van der Waals surface area contributed by atoms with E-state index in [-0.39, 0.29) is 17.5 Å². The van der Waals surface area contributed by atoms with Gasteiger partial charge in [0.05, 0.1) is 41.6 Å². The van der Waals surface area contributed by atoms with Gasteiger partial charge in [-0.15, -0.1) is 0 Å². The Bertz CT molecular complexity index is 1020. The van der Waals surface area contributed by atoms with Crippen LogP contribution in [0.25, 0.3) is 11.2 Å². The number of methoxy groups -OCH3 is 1. The van der Waals surface area contributed by atoms with Crippen LogP contribution >= 0.6 is 23.2 Å². The van der Waals surface area contributed by atoms with Crippen molar-refractivity contribution in [3.8, 4) is 5.88 Å². The number of ether oxygens (including phenoxy) is 3. The van der Waals surface area contributed by atoms with Crippen molar-refractivity contribution in [2.75, 3.05) is 25.6 Å². The second-order valence-corrected chi connectivity index (χ2v) is 6.81. The normalized spacial score (nSPS) is 16.3. The first-order valence-corrected chi connectivity index (χ1v) is 9.10. The van der Waals surface area contributed by atoms with Gasteiger partial charge in [-0.05, 0) is 6.07 Å². The lowest BCUT2D eigenvalue weighted by molar-refractivity contribution is 0.0590. The molecular formula is C17H15Cl2N5O4. The number of imidazole rings is 1. The van der Waals surface area contributed by atoms with Gasteiger partial charge in [0.25, 0.3) is 0 Å². The van der Waals surface area contributed by atoms with E-state index in [0.717, 1.165) is 0 Å². The summed E-state index contributed by atoms with van der Waals surface area (Å²) in [4.78, 5) is 27.9. The average Bonchev–Trinajstić information content (AvgIpc) is 3.32. The van der Waals surface area contributed by atoms with E-state index in [2.05, 4.69) is 25.3 Å². The molecule has 3 aromatic heterocycles. The monoisotopic (exact) mass is 423 g/mol. The van der Waals surface area contributed by atoms with Crippen LogP contribution < -0.4 is 10.1 Å². The topological polar surface area (TPSA) is 111 Å². The SMILES string of the molecule is COC(=O)c1cc2[nH]c(Nc3c(Cl)cncc3Cl)nc2nc1OC1CCOC1. The van der Waals surface area contributed by atoms with Crippen LogP contribution in [-0.4, -0.2) is 52.3 Å². The summed E-state index contributed by atoms with van der Waals surface area (Å²) in [5.41, 5.74) is 1.51. The Morgan fingerprint density at radius 2 is 2.11 bits per heavy atom. The molecule has 0 radical (unpaired) electrons. The standard InChI is InChI=1S/C17H15Cl2N5O4/c1-26-16(25)9-4-12-14(23-15(9)28-8-2-3-27-7-8)24-17(21-12)22-13-10(18)5-20-6-11(13)19/h4-6,8H,2-3,7H2,1H3,(H2,20,21,22,23,24). The highest BCUT2D eigenvalue weighted by molar-refractivity contribution is 6.39. The lowest BCUT2D eigenvalue weighted by Crippen LogP contribution is -2.19. The summed E-state index contributed by atoms with van der Waals surface area (Å²) in [6.07, 6.45) is 3.45. The number of hydrogen-bond acceptors (Lipinski definition) is 8. The zero-order valence-corrected chi connectivity index (χ0v) is 16.2. The lowest BCUT2D eigenvalue weighted by atomic mass is 10.2. The molecule has 1 aliphatic rings. The fourth-order valence-electron chi connectivity index (χ4n) is 2.74. The van der Waals surface area contributed by atoms with Crippen molar-refractivity contribution in [2.45, 2.75) is 12.5 Å². The number of carbonyl (C=O) groups excluding carboxylic acids is 1. The van der Waals surface area contributed by atoms with Crippen molar-refractivity contribution in [3.63, 3.8) is 0 Å². The van der Waals surface area contributed by atoms with Crippen LogP contribution in [0.3, 0.4) is 0 Å². The van der Waals surface area contributed by atoms with Gasteiger partial charge in [0.2, 0.25) is 11.8 Å². The van der Waals surface area contributed by atoms with E-state index in [9.17, 15) is 4.79 Å². The van der Waals surface area contributed by atoms with Gasteiger partial charge >= 0.3 is 5.97 Å². The first-order valence-electron chi connectivity index (χ1n) is 8.34. The molecule has 11 heteroatoms. The number of fused-ring (bicyclic) bond motifs is 1. The number of nitrogens with one attached hydrogen (secondary N) is 2. The quantitative estimate of drug-likeness (QED) is 0.600. The largest absolute Gasteiger partial charge is 0.471 e. The molecule has 4 rings (SSSR count). The van der Waals surface area contributed by atoms with Crippen LogP contribution in [0.4, 0.5) is 11.6 Å². The van der Waals surface area contributed by atoms with Gasteiger partial charge in [-0.2, -0.15) is 9.97 Å². The Balaban J connectivity index is 1.71. The Morgan fingerprint density at radius 1 is 1.32 bits per heavy atom. The van der Waals surface area contributed by atoms with Crippen molar-refractivity contribution in [1.29, 1.82) is 0 Å². The van der Waals surface area contributed by atoms with Crippen LogP contribution in [0.1, 0.15) is 16.8 Å². The number of esters is 1.